The van der Waals surface area contributed by atoms with Crippen molar-refractivity contribution < 1.29 is 9.47 Å². The average Bonchev–Trinajstić information content (AvgIpc) is 3.17. The standard InChI is InChI=1S/C23H22N2O2S/c1-3-24(4-2)23(28)27-22-19-14-10-16-25(19)18-13-8-9-15-20(18)26-21(22)17-11-6-5-7-12-17/h5-16H,3-4H2,1-2H3. The fraction of sp³-hybridized carbons (Fsp3) is 0.174. The van der Waals surface area contributed by atoms with E-state index < -0.39 is 0 Å². The number of hydrogen-bond acceptors (Lipinski definition) is 3. The van der Waals surface area contributed by atoms with Crippen LogP contribution in [0.15, 0.2) is 72.9 Å². The van der Waals surface area contributed by atoms with Gasteiger partial charge in [0.15, 0.2) is 17.3 Å². The summed E-state index contributed by atoms with van der Waals surface area (Å²) >= 11 is 5.60. The summed E-state index contributed by atoms with van der Waals surface area (Å²) in [4.78, 5) is 2.01. The van der Waals surface area contributed by atoms with Gasteiger partial charge in [-0.05, 0) is 50.3 Å². The zero-order valence-electron chi connectivity index (χ0n) is 16.0. The fourth-order valence-electron chi connectivity index (χ4n) is 3.30. The second-order valence-corrected chi connectivity index (χ2v) is 6.75. The molecule has 0 spiro atoms. The summed E-state index contributed by atoms with van der Waals surface area (Å²) in [5.74, 6) is 2.04. The molecule has 0 atom stereocenters. The molecule has 2 heterocycles. The van der Waals surface area contributed by atoms with Crippen molar-refractivity contribution in [1.82, 2.24) is 9.47 Å². The van der Waals surface area contributed by atoms with E-state index in [1.807, 2.05) is 77.8 Å². The van der Waals surface area contributed by atoms with E-state index in [-0.39, 0.29) is 0 Å². The van der Waals surface area contributed by atoms with Gasteiger partial charge in [-0.2, -0.15) is 0 Å². The monoisotopic (exact) mass is 390 g/mol. The van der Waals surface area contributed by atoms with Crippen LogP contribution in [0.3, 0.4) is 0 Å². The van der Waals surface area contributed by atoms with Crippen LogP contribution < -0.4 is 4.74 Å². The lowest BCUT2D eigenvalue weighted by molar-refractivity contribution is 0.355. The molecular formula is C23H22N2O2S. The van der Waals surface area contributed by atoms with Crippen LogP contribution in [-0.4, -0.2) is 27.7 Å². The first kappa shape index (κ1) is 18.3. The van der Waals surface area contributed by atoms with Crippen LogP contribution >= 0.6 is 12.2 Å². The van der Waals surface area contributed by atoms with E-state index in [0.29, 0.717) is 16.7 Å². The normalized spacial score (nSPS) is 12.5. The van der Waals surface area contributed by atoms with E-state index in [9.17, 15) is 0 Å². The Kier molecular flexibility index (Phi) is 5.17. The number of rotatable bonds is 4. The number of thiocarbonyl (C=S) groups is 1. The van der Waals surface area contributed by atoms with Gasteiger partial charge in [0.1, 0.15) is 0 Å². The molecule has 1 aliphatic rings. The van der Waals surface area contributed by atoms with Gasteiger partial charge in [0.05, 0.1) is 11.4 Å². The number of fused-ring (bicyclic) bond motifs is 3. The number of ether oxygens (including phenoxy) is 2. The van der Waals surface area contributed by atoms with Crippen molar-refractivity contribution in [3.05, 3.63) is 84.2 Å². The summed E-state index contributed by atoms with van der Waals surface area (Å²) in [6.07, 6.45) is 2.01. The Labute approximate surface area is 170 Å². The van der Waals surface area contributed by atoms with Crippen molar-refractivity contribution in [2.45, 2.75) is 13.8 Å². The van der Waals surface area contributed by atoms with E-state index in [2.05, 4.69) is 18.4 Å². The first-order valence-corrected chi connectivity index (χ1v) is 9.85. The van der Waals surface area contributed by atoms with Gasteiger partial charge in [0.2, 0.25) is 0 Å². The Balaban J connectivity index is 1.91. The van der Waals surface area contributed by atoms with Crippen LogP contribution in [0.2, 0.25) is 0 Å². The largest absolute Gasteiger partial charge is 0.451 e. The summed E-state index contributed by atoms with van der Waals surface area (Å²) in [5.41, 5.74) is 2.80. The molecule has 0 bridgehead atoms. The van der Waals surface area contributed by atoms with Gasteiger partial charge in [-0.15, -0.1) is 0 Å². The number of nitrogens with zero attached hydrogens (tertiary/aromatic N) is 2. The molecule has 0 aliphatic carbocycles. The number of benzene rings is 2. The Hall–Kier alpha value is -3.05. The topological polar surface area (TPSA) is 26.6 Å². The number of hydrogen-bond donors (Lipinski definition) is 0. The van der Waals surface area contributed by atoms with E-state index in [4.69, 9.17) is 21.7 Å². The number of aromatic nitrogens is 1. The molecule has 0 N–H and O–H groups in total. The molecule has 0 radical (unpaired) electrons. The SMILES string of the molecule is CCN(CC)C(=S)OC1=C(c2ccccc2)Oc2ccccc2-n2cccc21. The first-order chi connectivity index (χ1) is 13.7. The molecule has 1 aromatic heterocycles. The van der Waals surface area contributed by atoms with E-state index in [1.54, 1.807) is 0 Å². The second-order valence-electron chi connectivity index (χ2n) is 6.40. The van der Waals surface area contributed by atoms with Crippen molar-refractivity contribution in [3.8, 4) is 11.4 Å². The minimum absolute atomic E-state index is 0.440. The van der Waals surface area contributed by atoms with Crippen LogP contribution in [-0.2, 0) is 4.74 Å². The van der Waals surface area contributed by atoms with Crippen molar-refractivity contribution >= 4 is 28.9 Å². The molecule has 1 aliphatic heterocycles. The van der Waals surface area contributed by atoms with Crippen molar-refractivity contribution in [2.75, 3.05) is 13.1 Å². The van der Waals surface area contributed by atoms with Crippen LogP contribution in [0.1, 0.15) is 25.1 Å². The Morgan fingerprint density at radius 2 is 1.68 bits per heavy atom. The molecule has 2 aromatic carbocycles. The third-order valence-corrected chi connectivity index (χ3v) is 5.11. The molecule has 0 saturated heterocycles. The van der Waals surface area contributed by atoms with Crippen molar-refractivity contribution in [3.63, 3.8) is 0 Å². The maximum atomic E-state index is 6.40. The summed E-state index contributed by atoms with van der Waals surface area (Å²) in [7, 11) is 0. The molecule has 0 amide bonds. The fourth-order valence-corrected chi connectivity index (χ4v) is 3.64. The van der Waals surface area contributed by atoms with Crippen LogP contribution in [0.5, 0.6) is 5.75 Å². The average molecular weight is 391 g/mol. The van der Waals surface area contributed by atoms with Crippen molar-refractivity contribution in [2.24, 2.45) is 0 Å². The first-order valence-electron chi connectivity index (χ1n) is 9.44. The van der Waals surface area contributed by atoms with Gasteiger partial charge in [-0.3, -0.25) is 0 Å². The molecule has 5 heteroatoms. The molecule has 28 heavy (non-hydrogen) atoms. The maximum absolute atomic E-state index is 6.40. The molecule has 0 saturated carbocycles. The molecule has 0 fully saturated rings. The van der Waals surface area contributed by atoms with Gasteiger partial charge in [-0.25, -0.2) is 0 Å². The van der Waals surface area contributed by atoms with E-state index in [1.165, 1.54) is 0 Å². The highest BCUT2D eigenvalue weighted by atomic mass is 32.1. The maximum Gasteiger partial charge on any atom is 0.265 e. The van der Waals surface area contributed by atoms with Crippen molar-refractivity contribution in [1.29, 1.82) is 0 Å². The highest BCUT2D eigenvalue weighted by molar-refractivity contribution is 7.80. The zero-order chi connectivity index (χ0) is 19.5. The van der Waals surface area contributed by atoms with E-state index in [0.717, 1.165) is 35.8 Å². The van der Waals surface area contributed by atoms with Crippen LogP contribution in [0.25, 0.3) is 17.2 Å². The lowest BCUT2D eigenvalue weighted by atomic mass is 10.1. The minimum atomic E-state index is 0.440. The highest BCUT2D eigenvalue weighted by Gasteiger charge is 2.26. The number of para-hydroxylation sites is 2. The Morgan fingerprint density at radius 1 is 0.964 bits per heavy atom. The van der Waals surface area contributed by atoms with Gasteiger partial charge in [0.25, 0.3) is 5.17 Å². The minimum Gasteiger partial charge on any atom is -0.451 e. The second kappa shape index (κ2) is 7.90. The highest BCUT2D eigenvalue weighted by Crippen LogP contribution is 2.38. The van der Waals surface area contributed by atoms with E-state index >= 15 is 0 Å². The molecule has 0 unspecified atom stereocenters. The van der Waals surface area contributed by atoms with Gasteiger partial charge in [-0.1, -0.05) is 42.5 Å². The summed E-state index contributed by atoms with van der Waals surface area (Å²) in [6, 6.07) is 22.0. The third-order valence-electron chi connectivity index (χ3n) is 4.77. The lowest BCUT2D eigenvalue weighted by Crippen LogP contribution is -2.30. The van der Waals surface area contributed by atoms with Crippen LogP contribution in [0.4, 0.5) is 0 Å². The summed E-state index contributed by atoms with van der Waals surface area (Å²) in [5, 5.41) is 0.440. The molecule has 4 rings (SSSR count). The van der Waals surface area contributed by atoms with Crippen LogP contribution in [0, 0.1) is 0 Å². The molecular weight excluding hydrogens is 368 g/mol. The summed E-state index contributed by atoms with van der Waals surface area (Å²) < 4.78 is 14.8. The predicted octanol–water partition coefficient (Wildman–Crippen LogP) is 5.34. The molecule has 4 nitrogen and oxygen atoms in total. The quantitative estimate of drug-likeness (QED) is 0.562. The summed E-state index contributed by atoms with van der Waals surface area (Å²) in [6.45, 7) is 5.69. The van der Waals surface area contributed by atoms with Gasteiger partial charge < -0.3 is 18.9 Å². The molecule has 142 valence electrons. The lowest BCUT2D eigenvalue weighted by Gasteiger charge is -2.23. The molecule has 3 aromatic rings. The Bertz CT molecular complexity index is 1020. The van der Waals surface area contributed by atoms with Gasteiger partial charge in [0, 0.05) is 24.8 Å². The third kappa shape index (κ3) is 3.29. The Morgan fingerprint density at radius 3 is 2.43 bits per heavy atom. The predicted molar refractivity (Wildman–Crippen MR) is 116 cm³/mol. The van der Waals surface area contributed by atoms with Gasteiger partial charge >= 0.3 is 0 Å². The smallest absolute Gasteiger partial charge is 0.265 e. The zero-order valence-corrected chi connectivity index (χ0v) is 16.8.